The summed E-state index contributed by atoms with van der Waals surface area (Å²) in [6.45, 7) is 3.15. The van der Waals surface area contributed by atoms with Crippen LogP contribution in [0.5, 0.6) is 5.88 Å². The van der Waals surface area contributed by atoms with E-state index in [0.29, 0.717) is 25.0 Å². The van der Waals surface area contributed by atoms with Crippen molar-refractivity contribution >= 4 is 17.5 Å². The Morgan fingerprint density at radius 1 is 1.15 bits per heavy atom. The van der Waals surface area contributed by atoms with Crippen LogP contribution in [0.15, 0.2) is 42.5 Å². The minimum absolute atomic E-state index is 0.0278. The molecule has 0 spiro atoms. The lowest BCUT2D eigenvalue weighted by atomic mass is 9.92. The molecule has 0 bridgehead atoms. The van der Waals surface area contributed by atoms with Crippen LogP contribution in [0.25, 0.3) is 0 Å². The van der Waals surface area contributed by atoms with Gasteiger partial charge in [-0.15, -0.1) is 0 Å². The van der Waals surface area contributed by atoms with E-state index in [1.165, 1.54) is 0 Å². The molecule has 2 aliphatic heterocycles. The molecule has 2 aromatic rings. The van der Waals surface area contributed by atoms with Crippen LogP contribution in [0.1, 0.15) is 35.3 Å². The molecule has 3 fully saturated rings. The fourth-order valence-electron chi connectivity index (χ4n) is 4.12. The number of hydrogen-bond donors (Lipinski definition) is 2. The molecule has 9 nitrogen and oxygen atoms in total. The molecule has 0 unspecified atom stereocenters. The summed E-state index contributed by atoms with van der Waals surface area (Å²) < 4.78 is 17.3. The molecule has 1 aromatic carbocycles. The zero-order chi connectivity index (χ0) is 23.5. The summed E-state index contributed by atoms with van der Waals surface area (Å²) in [6, 6.07) is 13.7. The number of anilines is 1. The number of hydrogen-bond acceptors (Lipinski definition) is 7. The molecule has 34 heavy (non-hydrogen) atoms. The molecule has 1 aromatic heterocycles. The number of carbonyl (C=O) groups excluding carboxylic acids is 2. The van der Waals surface area contributed by atoms with Gasteiger partial charge in [-0.2, -0.15) is 0 Å². The molecular formula is C25H30N4O5. The van der Waals surface area contributed by atoms with Crippen molar-refractivity contribution in [3.05, 3.63) is 53.7 Å². The van der Waals surface area contributed by atoms with Gasteiger partial charge in [0.25, 0.3) is 5.91 Å². The summed E-state index contributed by atoms with van der Waals surface area (Å²) in [7, 11) is 0. The van der Waals surface area contributed by atoms with Crippen LogP contribution in [0.4, 0.5) is 5.69 Å². The molecule has 180 valence electrons. The molecule has 0 atom stereocenters. The molecule has 2 saturated heterocycles. The molecule has 1 saturated carbocycles. The normalized spacial score (nSPS) is 19.1. The van der Waals surface area contributed by atoms with Crippen molar-refractivity contribution in [2.24, 2.45) is 11.7 Å². The van der Waals surface area contributed by atoms with Crippen LogP contribution in [-0.4, -0.2) is 61.4 Å². The van der Waals surface area contributed by atoms with Crippen LogP contribution in [0, 0.1) is 5.92 Å². The SMILES string of the molecule is NC(=O)CC1(NC(=O)c2ccc(N3CC(OCc4ccccc4)C3)c(OCC3CC3)n2)COC1. The largest absolute Gasteiger partial charge is 0.476 e. The molecular weight excluding hydrogens is 436 g/mol. The number of ether oxygens (including phenoxy) is 3. The topological polar surface area (TPSA) is 116 Å². The van der Waals surface area contributed by atoms with Crippen molar-refractivity contribution in [1.29, 1.82) is 0 Å². The maximum absolute atomic E-state index is 12.9. The van der Waals surface area contributed by atoms with Gasteiger partial charge in [-0.1, -0.05) is 30.3 Å². The third-order valence-corrected chi connectivity index (χ3v) is 6.39. The standard InChI is InChI=1S/C25H30N4O5/c26-22(30)10-25(15-32-16-25)28-23(31)20-8-9-21(24(27-20)34-14-18-6-7-18)29-11-19(12-29)33-13-17-4-2-1-3-5-17/h1-5,8-9,18-19H,6-7,10-16H2,(H2,26,30)(H,28,31). The Hall–Kier alpha value is -3.17. The maximum Gasteiger partial charge on any atom is 0.270 e. The van der Waals surface area contributed by atoms with Crippen LogP contribution < -0.4 is 20.7 Å². The summed E-state index contributed by atoms with van der Waals surface area (Å²) in [5, 5.41) is 2.88. The molecule has 3 aliphatic rings. The fraction of sp³-hybridized carbons (Fsp3) is 0.480. The highest BCUT2D eigenvalue weighted by Gasteiger charge is 2.42. The van der Waals surface area contributed by atoms with E-state index in [4.69, 9.17) is 19.9 Å². The molecule has 3 heterocycles. The number of benzene rings is 1. The Kier molecular flexibility index (Phi) is 6.38. The number of nitrogens with one attached hydrogen (secondary N) is 1. The van der Waals surface area contributed by atoms with Gasteiger partial charge in [0, 0.05) is 13.1 Å². The minimum atomic E-state index is -0.765. The van der Waals surface area contributed by atoms with Gasteiger partial charge in [0.1, 0.15) is 11.4 Å². The van der Waals surface area contributed by atoms with Crippen molar-refractivity contribution in [1.82, 2.24) is 10.3 Å². The molecule has 1 aliphatic carbocycles. The highest BCUT2D eigenvalue weighted by molar-refractivity contribution is 5.94. The van der Waals surface area contributed by atoms with Crippen molar-refractivity contribution in [2.45, 2.75) is 37.5 Å². The number of carbonyl (C=O) groups is 2. The number of rotatable bonds is 11. The van der Waals surface area contributed by atoms with Crippen LogP contribution in [0.2, 0.25) is 0 Å². The quantitative estimate of drug-likeness (QED) is 0.517. The van der Waals surface area contributed by atoms with Crippen molar-refractivity contribution < 1.29 is 23.8 Å². The van der Waals surface area contributed by atoms with Crippen molar-refractivity contribution in [3.8, 4) is 5.88 Å². The molecule has 3 N–H and O–H groups in total. The van der Waals surface area contributed by atoms with Gasteiger partial charge in [-0.3, -0.25) is 9.59 Å². The third kappa shape index (κ3) is 5.31. The first kappa shape index (κ1) is 22.6. The number of aromatic nitrogens is 1. The van der Waals surface area contributed by atoms with Crippen molar-refractivity contribution in [2.75, 3.05) is 37.8 Å². The van der Waals surface area contributed by atoms with Gasteiger partial charge in [0.05, 0.1) is 44.5 Å². The fourth-order valence-corrected chi connectivity index (χ4v) is 4.12. The summed E-state index contributed by atoms with van der Waals surface area (Å²) >= 11 is 0. The predicted octanol–water partition coefficient (Wildman–Crippen LogP) is 1.65. The first-order chi connectivity index (χ1) is 16.5. The minimum Gasteiger partial charge on any atom is -0.476 e. The number of nitrogens with two attached hydrogens (primary N) is 1. The lowest BCUT2D eigenvalue weighted by Crippen LogP contribution is -2.63. The van der Waals surface area contributed by atoms with E-state index in [0.717, 1.165) is 37.2 Å². The Morgan fingerprint density at radius 3 is 2.56 bits per heavy atom. The van der Waals surface area contributed by atoms with Crippen LogP contribution >= 0.6 is 0 Å². The highest BCUT2D eigenvalue weighted by atomic mass is 16.5. The van der Waals surface area contributed by atoms with Gasteiger partial charge in [-0.05, 0) is 36.5 Å². The first-order valence-electron chi connectivity index (χ1n) is 11.7. The smallest absolute Gasteiger partial charge is 0.270 e. The number of pyridine rings is 1. The van der Waals surface area contributed by atoms with Crippen molar-refractivity contribution in [3.63, 3.8) is 0 Å². The number of primary amides is 1. The van der Waals surface area contributed by atoms with Gasteiger partial charge < -0.3 is 30.2 Å². The van der Waals surface area contributed by atoms with E-state index in [-0.39, 0.29) is 37.3 Å². The van der Waals surface area contributed by atoms with E-state index in [9.17, 15) is 9.59 Å². The Balaban J connectivity index is 1.23. The first-order valence-corrected chi connectivity index (χ1v) is 11.7. The average Bonchev–Trinajstić information content (AvgIpc) is 3.60. The zero-order valence-electron chi connectivity index (χ0n) is 19.1. The second-order valence-corrected chi connectivity index (χ2v) is 9.47. The highest BCUT2D eigenvalue weighted by Crippen LogP contribution is 2.34. The summed E-state index contributed by atoms with van der Waals surface area (Å²) in [4.78, 5) is 31.0. The Bertz CT molecular complexity index is 1030. The Morgan fingerprint density at radius 2 is 1.91 bits per heavy atom. The molecule has 2 amide bonds. The predicted molar refractivity (Wildman–Crippen MR) is 125 cm³/mol. The van der Waals surface area contributed by atoms with Crippen LogP contribution in [0.3, 0.4) is 0 Å². The maximum atomic E-state index is 12.9. The van der Waals surface area contributed by atoms with Gasteiger partial charge >= 0.3 is 0 Å². The van der Waals surface area contributed by atoms with Gasteiger partial charge in [0.2, 0.25) is 11.8 Å². The summed E-state index contributed by atoms with van der Waals surface area (Å²) in [6.07, 6.45) is 2.47. The molecule has 5 rings (SSSR count). The molecule has 9 heteroatoms. The molecule has 0 radical (unpaired) electrons. The van der Waals surface area contributed by atoms with E-state index < -0.39 is 11.4 Å². The van der Waals surface area contributed by atoms with E-state index in [1.54, 1.807) is 6.07 Å². The lowest BCUT2D eigenvalue weighted by Gasteiger charge is -2.41. The monoisotopic (exact) mass is 466 g/mol. The summed E-state index contributed by atoms with van der Waals surface area (Å²) in [5.41, 5.74) is 6.82. The lowest BCUT2D eigenvalue weighted by molar-refractivity contribution is -0.127. The number of amides is 2. The van der Waals surface area contributed by atoms with Gasteiger partial charge in [-0.25, -0.2) is 4.98 Å². The number of nitrogens with zero attached hydrogens (tertiary/aromatic N) is 2. The zero-order valence-corrected chi connectivity index (χ0v) is 19.1. The van der Waals surface area contributed by atoms with E-state index in [2.05, 4.69) is 27.3 Å². The average molecular weight is 467 g/mol. The van der Waals surface area contributed by atoms with Gasteiger partial charge in [0.15, 0.2) is 0 Å². The Labute approximate surface area is 198 Å². The third-order valence-electron chi connectivity index (χ3n) is 6.39. The second kappa shape index (κ2) is 9.60. The van der Waals surface area contributed by atoms with Crippen LogP contribution in [-0.2, 0) is 20.9 Å². The van der Waals surface area contributed by atoms with E-state index in [1.807, 2.05) is 24.3 Å². The summed E-state index contributed by atoms with van der Waals surface area (Å²) in [5.74, 6) is 0.147. The van der Waals surface area contributed by atoms with E-state index >= 15 is 0 Å². The second-order valence-electron chi connectivity index (χ2n) is 9.47.